The standard InChI is InChI=1S/C16H31N3O3/c1-10-8-11(17)9-19(10)13(20)12(15(2,3)4)18-14(21)22-16(5,6)7/h10-12H,8-9,17H2,1-7H3,(H,18,21). The molecule has 1 rings (SSSR count). The highest BCUT2D eigenvalue weighted by atomic mass is 16.6. The quantitative estimate of drug-likeness (QED) is 0.815. The molecule has 22 heavy (non-hydrogen) atoms. The Morgan fingerprint density at radius 3 is 2.14 bits per heavy atom. The van der Waals surface area contributed by atoms with Crippen LogP contribution in [0.5, 0.6) is 0 Å². The Bertz CT molecular complexity index is 423. The summed E-state index contributed by atoms with van der Waals surface area (Å²) < 4.78 is 5.28. The van der Waals surface area contributed by atoms with E-state index in [0.717, 1.165) is 6.42 Å². The van der Waals surface area contributed by atoms with Crippen LogP contribution in [0.2, 0.25) is 0 Å². The van der Waals surface area contributed by atoms with Crippen LogP contribution >= 0.6 is 0 Å². The Kier molecular flexibility index (Phi) is 5.49. The van der Waals surface area contributed by atoms with E-state index >= 15 is 0 Å². The first-order valence-corrected chi connectivity index (χ1v) is 7.87. The predicted octanol–water partition coefficient (Wildman–Crippen LogP) is 1.87. The van der Waals surface area contributed by atoms with E-state index in [-0.39, 0.29) is 18.0 Å². The summed E-state index contributed by atoms with van der Waals surface area (Å²) in [6.07, 6.45) is 0.214. The van der Waals surface area contributed by atoms with Crippen molar-refractivity contribution in [2.75, 3.05) is 6.54 Å². The third-order valence-corrected chi connectivity index (χ3v) is 3.66. The number of carbonyl (C=O) groups excluding carboxylic acids is 2. The van der Waals surface area contributed by atoms with Gasteiger partial charge in [-0.2, -0.15) is 0 Å². The fourth-order valence-electron chi connectivity index (χ4n) is 2.62. The van der Waals surface area contributed by atoms with Crippen LogP contribution in [0.4, 0.5) is 4.79 Å². The molecule has 6 nitrogen and oxygen atoms in total. The number of carbonyl (C=O) groups is 2. The molecule has 128 valence electrons. The number of likely N-dealkylation sites (tertiary alicyclic amines) is 1. The van der Waals surface area contributed by atoms with E-state index in [4.69, 9.17) is 10.5 Å². The van der Waals surface area contributed by atoms with E-state index in [0.29, 0.717) is 6.54 Å². The Morgan fingerprint density at radius 1 is 1.23 bits per heavy atom. The first kappa shape index (κ1) is 18.7. The lowest BCUT2D eigenvalue weighted by atomic mass is 9.85. The summed E-state index contributed by atoms with van der Waals surface area (Å²) in [7, 11) is 0. The van der Waals surface area contributed by atoms with E-state index in [1.165, 1.54) is 0 Å². The van der Waals surface area contributed by atoms with Gasteiger partial charge in [0, 0.05) is 18.6 Å². The molecule has 1 heterocycles. The van der Waals surface area contributed by atoms with E-state index in [1.54, 1.807) is 25.7 Å². The zero-order chi connectivity index (χ0) is 17.3. The number of hydrogen-bond donors (Lipinski definition) is 2. The summed E-state index contributed by atoms with van der Waals surface area (Å²) in [6, 6.07) is -0.552. The molecule has 1 fully saturated rings. The van der Waals surface area contributed by atoms with Crippen LogP contribution in [0.15, 0.2) is 0 Å². The Labute approximate surface area is 133 Å². The van der Waals surface area contributed by atoms with Gasteiger partial charge in [-0.15, -0.1) is 0 Å². The maximum atomic E-state index is 12.8. The van der Waals surface area contributed by atoms with Gasteiger partial charge in [-0.1, -0.05) is 20.8 Å². The molecule has 0 radical (unpaired) electrons. The van der Waals surface area contributed by atoms with E-state index < -0.39 is 23.2 Å². The van der Waals surface area contributed by atoms with Crippen molar-refractivity contribution in [2.45, 2.75) is 78.6 Å². The number of nitrogens with one attached hydrogen (secondary N) is 1. The summed E-state index contributed by atoms with van der Waals surface area (Å²) in [4.78, 5) is 26.7. The topological polar surface area (TPSA) is 84.7 Å². The van der Waals surface area contributed by atoms with Crippen molar-refractivity contribution in [3.05, 3.63) is 0 Å². The summed E-state index contributed by atoms with van der Waals surface area (Å²) in [5.41, 5.74) is 4.93. The number of hydrogen-bond acceptors (Lipinski definition) is 4. The van der Waals surface area contributed by atoms with Crippen molar-refractivity contribution < 1.29 is 14.3 Å². The monoisotopic (exact) mass is 313 g/mol. The van der Waals surface area contributed by atoms with Gasteiger partial charge < -0.3 is 20.7 Å². The van der Waals surface area contributed by atoms with Crippen molar-refractivity contribution in [1.29, 1.82) is 0 Å². The number of rotatable bonds is 2. The molecule has 2 amide bonds. The summed E-state index contributed by atoms with van der Waals surface area (Å²) in [6.45, 7) is 13.7. The van der Waals surface area contributed by atoms with Gasteiger partial charge in [0.15, 0.2) is 0 Å². The second-order valence-corrected chi connectivity index (χ2v) is 8.28. The Morgan fingerprint density at radius 2 is 1.77 bits per heavy atom. The SMILES string of the molecule is CC1CC(N)CN1C(=O)C(NC(=O)OC(C)(C)C)C(C)(C)C. The zero-order valence-corrected chi connectivity index (χ0v) is 14.9. The van der Waals surface area contributed by atoms with Gasteiger partial charge in [0.2, 0.25) is 5.91 Å². The number of nitrogens with zero attached hydrogens (tertiary/aromatic N) is 1. The van der Waals surface area contributed by atoms with Crippen LogP contribution < -0.4 is 11.1 Å². The Hall–Kier alpha value is -1.30. The van der Waals surface area contributed by atoms with Gasteiger partial charge in [0.05, 0.1) is 0 Å². The molecule has 0 saturated carbocycles. The number of nitrogens with two attached hydrogens (primary N) is 1. The molecule has 3 atom stereocenters. The van der Waals surface area contributed by atoms with Crippen LogP contribution in [0, 0.1) is 5.41 Å². The summed E-state index contributed by atoms with van der Waals surface area (Å²) in [5.74, 6) is -0.0983. The van der Waals surface area contributed by atoms with Crippen LogP contribution in [0.1, 0.15) is 54.9 Å². The van der Waals surface area contributed by atoms with E-state index in [9.17, 15) is 9.59 Å². The van der Waals surface area contributed by atoms with E-state index in [1.807, 2.05) is 27.7 Å². The van der Waals surface area contributed by atoms with Crippen molar-refractivity contribution in [3.63, 3.8) is 0 Å². The smallest absolute Gasteiger partial charge is 0.408 e. The van der Waals surface area contributed by atoms with Crippen LogP contribution in [-0.2, 0) is 9.53 Å². The molecule has 3 unspecified atom stereocenters. The molecule has 1 saturated heterocycles. The number of alkyl carbamates (subject to hydrolysis) is 1. The molecule has 6 heteroatoms. The molecule has 3 N–H and O–H groups in total. The molecule has 0 aromatic carbocycles. The van der Waals surface area contributed by atoms with Gasteiger partial charge in [-0.05, 0) is 39.5 Å². The predicted molar refractivity (Wildman–Crippen MR) is 86.4 cm³/mol. The average Bonchev–Trinajstić information content (AvgIpc) is 2.60. The number of ether oxygens (including phenoxy) is 1. The van der Waals surface area contributed by atoms with Gasteiger partial charge in [0.25, 0.3) is 0 Å². The highest BCUT2D eigenvalue weighted by Gasteiger charge is 2.40. The first-order chi connectivity index (χ1) is 9.81. The fourth-order valence-corrected chi connectivity index (χ4v) is 2.62. The summed E-state index contributed by atoms with van der Waals surface area (Å²) in [5, 5.41) is 2.73. The lowest BCUT2D eigenvalue weighted by molar-refractivity contribution is -0.136. The van der Waals surface area contributed by atoms with Gasteiger partial charge >= 0.3 is 6.09 Å². The minimum atomic E-state index is -0.643. The lowest BCUT2D eigenvalue weighted by Gasteiger charge is -2.35. The second kappa shape index (κ2) is 6.44. The third kappa shape index (κ3) is 5.16. The van der Waals surface area contributed by atoms with Crippen LogP contribution in [-0.4, -0.2) is 47.2 Å². The molecule has 1 aliphatic heterocycles. The van der Waals surface area contributed by atoms with Crippen molar-refractivity contribution >= 4 is 12.0 Å². The lowest BCUT2D eigenvalue weighted by Crippen LogP contribution is -2.56. The molecule has 1 aliphatic rings. The summed E-state index contributed by atoms with van der Waals surface area (Å²) >= 11 is 0. The molecular formula is C16H31N3O3. The molecular weight excluding hydrogens is 282 g/mol. The molecule has 0 bridgehead atoms. The van der Waals surface area contributed by atoms with Crippen LogP contribution in [0.25, 0.3) is 0 Å². The maximum Gasteiger partial charge on any atom is 0.408 e. The van der Waals surface area contributed by atoms with Gasteiger partial charge in [-0.25, -0.2) is 4.79 Å². The van der Waals surface area contributed by atoms with E-state index in [2.05, 4.69) is 5.32 Å². The van der Waals surface area contributed by atoms with Crippen molar-refractivity contribution in [3.8, 4) is 0 Å². The van der Waals surface area contributed by atoms with Gasteiger partial charge in [0.1, 0.15) is 11.6 Å². The minimum Gasteiger partial charge on any atom is -0.444 e. The highest BCUT2D eigenvalue weighted by molar-refractivity contribution is 5.87. The normalized spacial score (nSPS) is 24.1. The fraction of sp³-hybridized carbons (Fsp3) is 0.875. The minimum absolute atomic E-state index is 0.00101. The first-order valence-electron chi connectivity index (χ1n) is 7.87. The molecule has 0 aromatic rings. The Balaban J connectivity index is 2.86. The average molecular weight is 313 g/mol. The third-order valence-electron chi connectivity index (χ3n) is 3.66. The highest BCUT2D eigenvalue weighted by Crippen LogP contribution is 2.25. The largest absolute Gasteiger partial charge is 0.444 e. The zero-order valence-electron chi connectivity index (χ0n) is 14.9. The van der Waals surface area contributed by atoms with Crippen molar-refractivity contribution in [1.82, 2.24) is 10.2 Å². The van der Waals surface area contributed by atoms with Gasteiger partial charge in [-0.3, -0.25) is 4.79 Å². The van der Waals surface area contributed by atoms with Crippen LogP contribution in [0.3, 0.4) is 0 Å². The maximum absolute atomic E-state index is 12.8. The van der Waals surface area contributed by atoms with Crippen molar-refractivity contribution in [2.24, 2.45) is 11.1 Å². The molecule has 0 aliphatic carbocycles. The molecule has 0 aromatic heterocycles. The second-order valence-electron chi connectivity index (χ2n) is 8.28. The molecule has 0 spiro atoms. The number of amides is 2.